The van der Waals surface area contributed by atoms with Crippen LogP contribution in [0.25, 0.3) is 0 Å². The molecule has 0 unspecified atom stereocenters. The lowest BCUT2D eigenvalue weighted by atomic mass is 9.75. The number of esters is 7. The van der Waals surface area contributed by atoms with Crippen LogP contribution in [0.15, 0.2) is 57.5 Å². The molecule has 362 valence electrons. The summed E-state index contributed by atoms with van der Waals surface area (Å²) in [5, 5.41) is 0. The fourth-order valence-electron chi connectivity index (χ4n) is 8.27. The van der Waals surface area contributed by atoms with Gasteiger partial charge in [0.05, 0.1) is 23.8 Å². The van der Waals surface area contributed by atoms with Gasteiger partial charge in [-0.2, -0.15) is 0 Å². The maximum Gasteiger partial charge on any atom is 0.338 e. The van der Waals surface area contributed by atoms with Crippen molar-refractivity contribution in [2.24, 2.45) is 17.8 Å². The summed E-state index contributed by atoms with van der Waals surface area (Å²) in [6.07, 6.45) is -13.2. The first-order chi connectivity index (χ1) is 31.2. The SMILES string of the molecule is CC(=O)O[C@@H]1[C@@H](OC(C)=O)[C@H](O[C@H]2C[C@@H](C)CC[C@@H]2C(C)C)O[C@H](CO[C@@H]2O[C@H](COC(=O)c3ccc(Br)cc3)[C@@H](OC(=O)c3ccc(Br)cc3)[C@H](OC(C)=O)[C@H]2OC(C)=O)[C@H]1OC(C)=O. The topological polar surface area (TPSA) is 221 Å². The highest BCUT2D eigenvalue weighted by Crippen LogP contribution is 2.39. The van der Waals surface area contributed by atoms with E-state index in [4.69, 9.17) is 52.1 Å². The van der Waals surface area contributed by atoms with Crippen LogP contribution in [0.1, 0.15) is 95.4 Å². The number of rotatable bonds is 16. The molecule has 1 saturated carbocycles. The number of carbonyl (C=O) groups excluding carboxylic acids is 7. The molecule has 0 aromatic heterocycles. The number of benzene rings is 2. The van der Waals surface area contributed by atoms with E-state index < -0.39 is 116 Å². The Morgan fingerprint density at radius 3 is 1.48 bits per heavy atom. The van der Waals surface area contributed by atoms with Crippen molar-refractivity contribution in [1.82, 2.24) is 0 Å². The first kappa shape index (κ1) is 52.5. The number of hydrogen-bond acceptors (Lipinski definition) is 18. The summed E-state index contributed by atoms with van der Waals surface area (Å²) in [5.74, 6) is -5.27. The fourth-order valence-corrected chi connectivity index (χ4v) is 8.80. The first-order valence-electron chi connectivity index (χ1n) is 21.5. The van der Waals surface area contributed by atoms with Crippen LogP contribution in [0.3, 0.4) is 0 Å². The fraction of sp³-hybridized carbons (Fsp3) is 0.587. The summed E-state index contributed by atoms with van der Waals surface area (Å²) < 4.78 is 67.4. The zero-order valence-corrected chi connectivity index (χ0v) is 41.0. The van der Waals surface area contributed by atoms with E-state index in [2.05, 4.69) is 52.6 Å². The Morgan fingerprint density at radius 1 is 0.561 bits per heavy atom. The number of halogens is 2. The third-order valence-corrected chi connectivity index (χ3v) is 12.2. The van der Waals surface area contributed by atoms with Crippen molar-refractivity contribution < 1.29 is 85.7 Å². The molecule has 13 atom stereocenters. The van der Waals surface area contributed by atoms with Gasteiger partial charge in [0.15, 0.2) is 49.2 Å². The van der Waals surface area contributed by atoms with E-state index in [0.717, 1.165) is 47.5 Å². The zero-order valence-electron chi connectivity index (χ0n) is 37.8. The van der Waals surface area contributed by atoms with Gasteiger partial charge in [0.1, 0.15) is 18.8 Å². The van der Waals surface area contributed by atoms with Crippen LogP contribution in [-0.4, -0.2) is 123 Å². The quantitative estimate of drug-likeness (QED) is 0.135. The third kappa shape index (κ3) is 14.5. The Hall–Kier alpha value is -4.47. The van der Waals surface area contributed by atoms with Gasteiger partial charge in [-0.3, -0.25) is 24.0 Å². The second-order valence-corrected chi connectivity index (χ2v) is 18.6. The molecule has 2 aromatic carbocycles. The predicted molar refractivity (Wildman–Crippen MR) is 235 cm³/mol. The molecule has 0 radical (unpaired) electrons. The molecule has 20 heteroatoms. The van der Waals surface area contributed by atoms with E-state index in [1.54, 1.807) is 24.3 Å². The Kier molecular flexibility index (Phi) is 19.1. The lowest BCUT2D eigenvalue weighted by Gasteiger charge is -2.47. The highest BCUT2D eigenvalue weighted by atomic mass is 79.9. The molecule has 0 N–H and O–H groups in total. The van der Waals surface area contributed by atoms with Crippen LogP contribution in [0.5, 0.6) is 0 Å². The average molecular weight is 1060 g/mol. The van der Waals surface area contributed by atoms with Crippen LogP contribution in [-0.2, 0) is 76.1 Å². The van der Waals surface area contributed by atoms with Crippen LogP contribution in [0, 0.1) is 17.8 Å². The van der Waals surface area contributed by atoms with E-state index in [-0.39, 0.29) is 35.0 Å². The Labute approximate surface area is 399 Å². The molecular formula is C46H56Br2O18. The summed E-state index contributed by atoms with van der Waals surface area (Å²) in [4.78, 5) is 90.6. The molecule has 0 spiro atoms. The maximum atomic E-state index is 13.7. The van der Waals surface area contributed by atoms with E-state index in [0.29, 0.717) is 15.4 Å². The average Bonchev–Trinajstić information content (AvgIpc) is 3.22. The van der Waals surface area contributed by atoms with E-state index in [1.165, 1.54) is 24.3 Å². The van der Waals surface area contributed by atoms with Gasteiger partial charge in [-0.15, -0.1) is 0 Å². The smallest absolute Gasteiger partial charge is 0.338 e. The molecule has 2 heterocycles. The normalized spacial score (nSPS) is 29.7. The minimum absolute atomic E-state index is 0.0785. The summed E-state index contributed by atoms with van der Waals surface area (Å²) in [6, 6.07) is 12.4. The van der Waals surface area contributed by atoms with Crippen molar-refractivity contribution in [2.75, 3.05) is 13.2 Å². The molecule has 3 fully saturated rings. The van der Waals surface area contributed by atoms with Crippen molar-refractivity contribution in [2.45, 2.75) is 142 Å². The summed E-state index contributed by atoms with van der Waals surface area (Å²) in [6.45, 7) is 10.6. The zero-order chi connectivity index (χ0) is 48.4. The van der Waals surface area contributed by atoms with Gasteiger partial charge in [-0.25, -0.2) is 9.59 Å². The molecule has 18 nitrogen and oxygen atoms in total. The molecule has 3 aliphatic rings. The van der Waals surface area contributed by atoms with Crippen molar-refractivity contribution in [1.29, 1.82) is 0 Å². The molecule has 2 aromatic rings. The molecule has 2 aliphatic heterocycles. The van der Waals surface area contributed by atoms with Gasteiger partial charge in [0.25, 0.3) is 0 Å². The second kappa shape index (κ2) is 24.0. The van der Waals surface area contributed by atoms with E-state index >= 15 is 0 Å². The first-order valence-corrected chi connectivity index (χ1v) is 23.1. The number of ether oxygens (including phenoxy) is 11. The number of carbonyl (C=O) groups is 7. The van der Waals surface area contributed by atoms with Crippen molar-refractivity contribution in [3.05, 3.63) is 68.6 Å². The standard InChI is InChI=1S/C46H56Br2O18/c1-22(2)33-18-9-23(3)19-34(33)63-46-42(62-28(8)53)39(59-25(5)50)37(58-24(4)49)36(65-46)21-57-45-41(61-27(7)52)40(60-26(6)51)38(66-44(55)30-12-16-32(48)17-13-30)35(64-45)20-56-43(54)29-10-14-31(47)15-11-29/h10-17,22-23,33-42,45-46H,9,18-21H2,1-8H3/t23-,33+,34-,35+,36+,37+,38+,39-,40-,41+,42+,45+,46+/m0/s1. The summed E-state index contributed by atoms with van der Waals surface area (Å²) in [5.41, 5.74) is 0.256. The van der Waals surface area contributed by atoms with Crippen LogP contribution >= 0.6 is 31.9 Å². The van der Waals surface area contributed by atoms with E-state index in [9.17, 15) is 33.6 Å². The molecular weight excluding hydrogens is 1000 g/mol. The van der Waals surface area contributed by atoms with Crippen LogP contribution < -0.4 is 0 Å². The molecule has 5 rings (SSSR count). The third-order valence-electron chi connectivity index (χ3n) is 11.2. The van der Waals surface area contributed by atoms with Gasteiger partial charge in [-0.1, -0.05) is 59.1 Å². The van der Waals surface area contributed by atoms with Gasteiger partial charge in [0.2, 0.25) is 0 Å². The Balaban J connectivity index is 1.54. The largest absolute Gasteiger partial charge is 0.459 e. The lowest BCUT2D eigenvalue weighted by molar-refractivity contribution is -0.341. The van der Waals surface area contributed by atoms with Crippen LogP contribution in [0.4, 0.5) is 0 Å². The van der Waals surface area contributed by atoms with E-state index in [1.807, 2.05) is 0 Å². The van der Waals surface area contributed by atoms with Crippen LogP contribution in [0.2, 0.25) is 0 Å². The summed E-state index contributed by atoms with van der Waals surface area (Å²) in [7, 11) is 0. The van der Waals surface area contributed by atoms with Gasteiger partial charge < -0.3 is 52.1 Å². The Bertz CT molecular complexity index is 2030. The minimum Gasteiger partial charge on any atom is -0.459 e. The Morgan fingerprint density at radius 2 is 0.985 bits per heavy atom. The predicted octanol–water partition coefficient (Wildman–Crippen LogP) is 6.20. The van der Waals surface area contributed by atoms with Gasteiger partial charge in [0, 0.05) is 43.6 Å². The highest BCUT2D eigenvalue weighted by Gasteiger charge is 2.56. The molecule has 1 aliphatic carbocycles. The van der Waals surface area contributed by atoms with Crippen molar-refractivity contribution in [3.8, 4) is 0 Å². The number of hydrogen-bond donors (Lipinski definition) is 0. The minimum atomic E-state index is -1.71. The molecule has 66 heavy (non-hydrogen) atoms. The maximum absolute atomic E-state index is 13.7. The lowest BCUT2D eigenvalue weighted by Crippen LogP contribution is -2.65. The van der Waals surface area contributed by atoms with Crippen molar-refractivity contribution in [3.63, 3.8) is 0 Å². The second-order valence-electron chi connectivity index (χ2n) is 16.8. The highest BCUT2D eigenvalue weighted by molar-refractivity contribution is 9.10. The van der Waals surface area contributed by atoms with Crippen molar-refractivity contribution >= 4 is 73.6 Å². The molecule has 0 amide bonds. The molecule has 2 saturated heterocycles. The summed E-state index contributed by atoms with van der Waals surface area (Å²) >= 11 is 6.66. The molecule has 0 bridgehead atoms. The monoisotopic (exact) mass is 1050 g/mol. The van der Waals surface area contributed by atoms with Gasteiger partial charge in [-0.05, 0) is 79.1 Å². The van der Waals surface area contributed by atoms with Gasteiger partial charge >= 0.3 is 41.8 Å².